The molecule has 0 unspecified atom stereocenters. The van der Waals surface area contributed by atoms with Crippen LogP contribution in [0.2, 0.25) is 6.04 Å². The lowest BCUT2D eigenvalue weighted by atomic mass is 10.5. The normalized spacial score (nSPS) is 12.0. The van der Waals surface area contributed by atoms with E-state index in [1.54, 1.807) is 7.11 Å². The van der Waals surface area contributed by atoms with Crippen LogP contribution in [0.1, 0.15) is 40.0 Å². The molecule has 0 aromatic heterocycles. The van der Waals surface area contributed by atoms with Gasteiger partial charge in [0.15, 0.2) is 0 Å². The Labute approximate surface area is 107 Å². The van der Waals surface area contributed by atoms with Crippen molar-refractivity contribution in [3.05, 3.63) is 0 Å². The molecule has 0 aliphatic carbocycles. The second-order valence-corrected chi connectivity index (χ2v) is 6.70. The Morgan fingerprint density at radius 3 is 1.41 bits per heavy atom. The van der Waals surface area contributed by atoms with Crippen LogP contribution in [-0.4, -0.2) is 42.3 Å². The van der Waals surface area contributed by atoms with E-state index < -0.39 is 8.80 Å². The fourth-order valence-corrected chi connectivity index (χ4v) is 4.02. The highest BCUT2D eigenvalue weighted by molar-refractivity contribution is 6.60. The van der Waals surface area contributed by atoms with Crippen LogP contribution in [0.4, 0.5) is 0 Å². The summed E-state index contributed by atoms with van der Waals surface area (Å²) in [5.74, 6) is 0. The van der Waals surface area contributed by atoms with E-state index in [0.717, 1.165) is 25.3 Å². The van der Waals surface area contributed by atoms with E-state index in [9.17, 15) is 0 Å². The van der Waals surface area contributed by atoms with Crippen molar-refractivity contribution in [3.8, 4) is 0 Å². The molecule has 0 saturated carbocycles. The molecule has 0 saturated heterocycles. The molecule has 0 heterocycles. The summed E-state index contributed by atoms with van der Waals surface area (Å²) in [5, 5.41) is 0. The number of methoxy groups -OCH3 is 1. The average Bonchev–Trinajstić information content (AvgIpc) is 2.37. The molecule has 0 bridgehead atoms. The van der Waals surface area contributed by atoms with Crippen LogP contribution < -0.4 is 0 Å². The summed E-state index contributed by atoms with van der Waals surface area (Å²) in [6, 6.07) is 0.740. The van der Waals surface area contributed by atoms with Crippen molar-refractivity contribution in [1.29, 1.82) is 0 Å². The molecule has 0 N–H and O–H groups in total. The highest BCUT2D eigenvalue weighted by Crippen LogP contribution is 2.17. The molecule has 0 atom stereocenters. The summed E-state index contributed by atoms with van der Waals surface area (Å²) >= 11 is 0. The van der Waals surface area contributed by atoms with Gasteiger partial charge in [0.05, 0.1) is 6.61 Å². The van der Waals surface area contributed by atoms with Crippen LogP contribution in [0.15, 0.2) is 0 Å². The fraction of sp³-hybridized carbons (Fsp3) is 1.00. The minimum atomic E-state index is -2.50. The molecule has 0 radical (unpaired) electrons. The number of ether oxygens (including phenoxy) is 1. The van der Waals surface area contributed by atoms with E-state index >= 15 is 0 Å². The van der Waals surface area contributed by atoms with E-state index in [2.05, 4.69) is 20.8 Å². The number of hydrogen-bond donors (Lipinski definition) is 0. The van der Waals surface area contributed by atoms with E-state index in [1.807, 2.05) is 0 Å². The van der Waals surface area contributed by atoms with Gasteiger partial charge in [0.2, 0.25) is 0 Å². The van der Waals surface area contributed by atoms with E-state index in [4.69, 9.17) is 18.0 Å². The van der Waals surface area contributed by atoms with E-state index in [-0.39, 0.29) is 0 Å². The highest BCUT2D eigenvalue weighted by Gasteiger charge is 2.40. The minimum Gasteiger partial charge on any atom is -0.385 e. The van der Waals surface area contributed by atoms with E-state index in [0.29, 0.717) is 26.4 Å². The van der Waals surface area contributed by atoms with Gasteiger partial charge in [0, 0.05) is 33.0 Å². The third kappa shape index (κ3) is 7.89. The lowest BCUT2D eigenvalue weighted by Crippen LogP contribution is -2.47. The van der Waals surface area contributed by atoms with Crippen molar-refractivity contribution in [3.63, 3.8) is 0 Å². The maximum absolute atomic E-state index is 5.90. The predicted octanol–water partition coefficient (Wildman–Crippen LogP) is 2.85. The van der Waals surface area contributed by atoms with Gasteiger partial charge in [-0.05, 0) is 19.3 Å². The van der Waals surface area contributed by atoms with Crippen molar-refractivity contribution in [1.82, 2.24) is 0 Å². The molecule has 4 nitrogen and oxygen atoms in total. The standard InChI is InChI=1S/C12H28O4Si/c1-5-8-14-17(12-11-13-4,15-9-6-2)16-10-7-3/h5-12H2,1-4H3. The zero-order chi connectivity index (χ0) is 13.0. The molecule has 104 valence electrons. The van der Waals surface area contributed by atoms with Crippen molar-refractivity contribution in [2.24, 2.45) is 0 Å². The summed E-state index contributed by atoms with van der Waals surface area (Å²) < 4.78 is 22.8. The maximum atomic E-state index is 5.90. The van der Waals surface area contributed by atoms with Crippen LogP contribution in [0.25, 0.3) is 0 Å². The molecule has 0 fully saturated rings. The Morgan fingerprint density at radius 1 is 0.706 bits per heavy atom. The van der Waals surface area contributed by atoms with Gasteiger partial charge < -0.3 is 18.0 Å². The third-order valence-electron chi connectivity index (χ3n) is 2.19. The zero-order valence-corrected chi connectivity index (χ0v) is 12.8. The van der Waals surface area contributed by atoms with Gasteiger partial charge in [-0.3, -0.25) is 0 Å². The molecule has 0 aromatic carbocycles. The monoisotopic (exact) mass is 264 g/mol. The first kappa shape index (κ1) is 17.1. The van der Waals surface area contributed by atoms with E-state index in [1.165, 1.54) is 0 Å². The SMILES string of the molecule is CCCO[Si](CCOC)(OCCC)OCCC. The second-order valence-electron chi connectivity index (χ2n) is 3.97. The van der Waals surface area contributed by atoms with Gasteiger partial charge >= 0.3 is 8.80 Å². The predicted molar refractivity (Wildman–Crippen MR) is 71.2 cm³/mol. The first-order chi connectivity index (χ1) is 8.24. The Morgan fingerprint density at radius 2 is 1.12 bits per heavy atom. The van der Waals surface area contributed by atoms with Crippen LogP contribution in [-0.2, 0) is 18.0 Å². The first-order valence-electron chi connectivity index (χ1n) is 6.65. The van der Waals surface area contributed by atoms with Gasteiger partial charge in [-0.25, -0.2) is 0 Å². The van der Waals surface area contributed by atoms with Crippen LogP contribution in [0, 0.1) is 0 Å². The smallest absolute Gasteiger partial charge is 0.385 e. The Kier molecular flexibility index (Phi) is 11.2. The third-order valence-corrected chi connectivity index (χ3v) is 4.94. The fourth-order valence-electron chi connectivity index (χ4n) is 1.34. The molecule has 17 heavy (non-hydrogen) atoms. The Bertz CT molecular complexity index is 129. The molecular weight excluding hydrogens is 236 g/mol. The zero-order valence-electron chi connectivity index (χ0n) is 11.8. The molecule has 0 amide bonds. The highest BCUT2D eigenvalue weighted by atomic mass is 28.4. The van der Waals surface area contributed by atoms with Crippen LogP contribution >= 0.6 is 0 Å². The van der Waals surface area contributed by atoms with Gasteiger partial charge in [-0.1, -0.05) is 20.8 Å². The van der Waals surface area contributed by atoms with Crippen LogP contribution in [0.3, 0.4) is 0 Å². The summed E-state index contributed by atoms with van der Waals surface area (Å²) in [5.41, 5.74) is 0. The lowest BCUT2D eigenvalue weighted by Gasteiger charge is -2.29. The molecule has 0 spiro atoms. The van der Waals surface area contributed by atoms with Crippen molar-refractivity contribution < 1.29 is 18.0 Å². The number of hydrogen-bond acceptors (Lipinski definition) is 4. The molecule has 0 rings (SSSR count). The Hall–Kier alpha value is 0.0569. The van der Waals surface area contributed by atoms with Crippen molar-refractivity contribution >= 4 is 8.80 Å². The summed E-state index contributed by atoms with van der Waals surface area (Å²) in [6.45, 7) is 9.00. The Balaban J connectivity index is 4.39. The summed E-state index contributed by atoms with van der Waals surface area (Å²) in [4.78, 5) is 0. The topological polar surface area (TPSA) is 36.9 Å². The summed E-state index contributed by atoms with van der Waals surface area (Å²) in [6.07, 6.45) is 2.94. The summed E-state index contributed by atoms with van der Waals surface area (Å²) in [7, 11) is -0.811. The van der Waals surface area contributed by atoms with Gasteiger partial charge in [-0.2, -0.15) is 0 Å². The van der Waals surface area contributed by atoms with Gasteiger partial charge in [-0.15, -0.1) is 0 Å². The first-order valence-corrected chi connectivity index (χ1v) is 8.58. The largest absolute Gasteiger partial charge is 0.503 e. The molecule has 0 aromatic rings. The average molecular weight is 264 g/mol. The minimum absolute atomic E-state index is 0.628. The van der Waals surface area contributed by atoms with Crippen molar-refractivity contribution in [2.45, 2.75) is 46.1 Å². The van der Waals surface area contributed by atoms with Gasteiger partial charge in [0.25, 0.3) is 0 Å². The number of rotatable bonds is 12. The van der Waals surface area contributed by atoms with Crippen LogP contribution in [0.5, 0.6) is 0 Å². The molecular formula is C12H28O4Si. The molecule has 0 aliphatic rings. The second kappa shape index (κ2) is 11.2. The lowest BCUT2D eigenvalue weighted by molar-refractivity contribution is 0.0521. The molecule has 0 aliphatic heterocycles. The quantitative estimate of drug-likeness (QED) is 0.508. The van der Waals surface area contributed by atoms with Gasteiger partial charge in [0.1, 0.15) is 0 Å². The van der Waals surface area contributed by atoms with Crippen molar-refractivity contribution in [2.75, 3.05) is 33.5 Å². The molecule has 5 heteroatoms. The maximum Gasteiger partial charge on any atom is 0.503 e.